The van der Waals surface area contributed by atoms with E-state index in [9.17, 15) is 4.79 Å². The number of rotatable bonds is 8. The van der Waals surface area contributed by atoms with E-state index in [1.165, 1.54) is 14.2 Å². The van der Waals surface area contributed by atoms with Crippen LogP contribution in [0.5, 0.6) is 17.2 Å². The second-order valence-electron chi connectivity index (χ2n) is 5.99. The Morgan fingerprint density at radius 3 is 2.32 bits per heavy atom. The normalized spacial score (nSPS) is 14.7. The van der Waals surface area contributed by atoms with Crippen LogP contribution in [0.4, 0.5) is 10.5 Å². The standard InChI is InChI=1S/C18H28N2O5/c1-22-15-11-14(12-16(23-2)17(15)24-3)20-18(21)19-8-4-5-13-6-9-25-10-7-13/h11-13H,4-10H2,1-3H3,(H2,19,20,21). The number of anilines is 1. The predicted octanol–water partition coefficient (Wildman–Crippen LogP) is 3.04. The SMILES string of the molecule is COc1cc(NC(=O)NCCCC2CCOCC2)cc(OC)c1OC. The van der Waals surface area contributed by atoms with Crippen LogP contribution in [0.15, 0.2) is 12.1 Å². The van der Waals surface area contributed by atoms with E-state index in [-0.39, 0.29) is 6.03 Å². The Hall–Kier alpha value is -2.15. The first-order valence-corrected chi connectivity index (χ1v) is 8.60. The van der Waals surface area contributed by atoms with Crippen molar-refractivity contribution >= 4 is 11.7 Å². The minimum atomic E-state index is -0.249. The van der Waals surface area contributed by atoms with Crippen LogP contribution in [-0.2, 0) is 4.74 Å². The summed E-state index contributed by atoms with van der Waals surface area (Å²) in [5.41, 5.74) is 0.580. The van der Waals surface area contributed by atoms with Crippen molar-refractivity contribution in [3.63, 3.8) is 0 Å². The monoisotopic (exact) mass is 352 g/mol. The van der Waals surface area contributed by atoms with Crippen LogP contribution in [0.2, 0.25) is 0 Å². The summed E-state index contributed by atoms with van der Waals surface area (Å²) in [6, 6.07) is 3.15. The van der Waals surface area contributed by atoms with Crippen LogP contribution in [-0.4, -0.2) is 47.1 Å². The van der Waals surface area contributed by atoms with Crippen molar-refractivity contribution in [1.29, 1.82) is 0 Å². The van der Waals surface area contributed by atoms with Gasteiger partial charge in [-0.15, -0.1) is 0 Å². The minimum absolute atomic E-state index is 0.249. The molecule has 1 aromatic carbocycles. The van der Waals surface area contributed by atoms with Gasteiger partial charge in [-0.25, -0.2) is 4.79 Å². The first-order chi connectivity index (χ1) is 12.2. The molecule has 0 atom stereocenters. The van der Waals surface area contributed by atoms with Crippen LogP contribution in [0.25, 0.3) is 0 Å². The quantitative estimate of drug-likeness (QED) is 0.703. The molecule has 0 aromatic heterocycles. The van der Waals surface area contributed by atoms with Gasteiger partial charge >= 0.3 is 6.03 Å². The number of hydrogen-bond acceptors (Lipinski definition) is 5. The summed E-state index contributed by atoms with van der Waals surface area (Å²) in [5, 5.41) is 5.68. The Kier molecular flexibility index (Phi) is 7.66. The maximum Gasteiger partial charge on any atom is 0.319 e. The summed E-state index contributed by atoms with van der Waals surface area (Å²) < 4.78 is 21.2. The summed E-state index contributed by atoms with van der Waals surface area (Å²) in [4.78, 5) is 12.1. The van der Waals surface area contributed by atoms with Crippen LogP contribution in [0.1, 0.15) is 25.7 Å². The molecule has 0 radical (unpaired) electrons. The summed E-state index contributed by atoms with van der Waals surface area (Å²) in [5.74, 6) is 2.20. The van der Waals surface area contributed by atoms with Gasteiger partial charge < -0.3 is 29.6 Å². The fourth-order valence-electron chi connectivity index (χ4n) is 2.96. The lowest BCUT2D eigenvalue weighted by molar-refractivity contribution is 0.0634. The third kappa shape index (κ3) is 5.70. The predicted molar refractivity (Wildman–Crippen MR) is 95.9 cm³/mol. The highest BCUT2D eigenvalue weighted by Gasteiger charge is 2.15. The van der Waals surface area contributed by atoms with Crippen molar-refractivity contribution in [2.45, 2.75) is 25.7 Å². The van der Waals surface area contributed by atoms with Gasteiger partial charge in [-0.05, 0) is 31.6 Å². The summed E-state index contributed by atoms with van der Waals surface area (Å²) in [6.45, 7) is 2.37. The molecule has 0 bridgehead atoms. The third-order valence-electron chi connectivity index (χ3n) is 4.34. The lowest BCUT2D eigenvalue weighted by Crippen LogP contribution is -2.30. The van der Waals surface area contributed by atoms with Gasteiger partial charge in [0.2, 0.25) is 5.75 Å². The average molecular weight is 352 g/mol. The minimum Gasteiger partial charge on any atom is -0.493 e. The van der Waals surface area contributed by atoms with Crippen molar-refractivity contribution in [2.24, 2.45) is 5.92 Å². The molecular weight excluding hydrogens is 324 g/mol. The summed E-state index contributed by atoms with van der Waals surface area (Å²) in [7, 11) is 4.62. The zero-order valence-corrected chi connectivity index (χ0v) is 15.2. The Morgan fingerprint density at radius 2 is 1.76 bits per heavy atom. The van der Waals surface area contributed by atoms with Crippen molar-refractivity contribution in [2.75, 3.05) is 46.4 Å². The third-order valence-corrected chi connectivity index (χ3v) is 4.34. The molecule has 1 heterocycles. The first-order valence-electron chi connectivity index (χ1n) is 8.60. The summed E-state index contributed by atoms with van der Waals surface area (Å²) in [6.07, 6.45) is 4.33. The van der Waals surface area contributed by atoms with E-state index in [0.29, 0.717) is 35.4 Å². The number of carbonyl (C=O) groups excluding carboxylic acids is 1. The molecule has 2 rings (SSSR count). The number of benzene rings is 1. The van der Waals surface area contributed by atoms with Gasteiger partial charge in [0.05, 0.1) is 27.0 Å². The van der Waals surface area contributed by atoms with Crippen LogP contribution < -0.4 is 24.8 Å². The van der Waals surface area contributed by atoms with E-state index in [4.69, 9.17) is 18.9 Å². The van der Waals surface area contributed by atoms with Crippen LogP contribution in [0, 0.1) is 5.92 Å². The second kappa shape index (κ2) is 9.98. The number of methoxy groups -OCH3 is 3. The van der Waals surface area contributed by atoms with E-state index < -0.39 is 0 Å². The highest BCUT2D eigenvalue weighted by Crippen LogP contribution is 2.39. The fourth-order valence-corrected chi connectivity index (χ4v) is 2.96. The number of ether oxygens (including phenoxy) is 4. The molecule has 1 saturated heterocycles. The molecule has 0 unspecified atom stereocenters. The van der Waals surface area contributed by atoms with E-state index in [0.717, 1.165) is 38.9 Å². The van der Waals surface area contributed by atoms with Gasteiger partial charge in [0.1, 0.15) is 0 Å². The Morgan fingerprint density at radius 1 is 1.12 bits per heavy atom. The molecule has 1 aromatic rings. The molecule has 0 aliphatic carbocycles. The van der Waals surface area contributed by atoms with Gasteiger partial charge in [0.15, 0.2) is 11.5 Å². The molecular formula is C18H28N2O5. The molecule has 1 aliphatic heterocycles. The van der Waals surface area contributed by atoms with E-state index >= 15 is 0 Å². The molecule has 25 heavy (non-hydrogen) atoms. The van der Waals surface area contributed by atoms with Crippen LogP contribution in [0.3, 0.4) is 0 Å². The highest BCUT2D eigenvalue weighted by atomic mass is 16.5. The topological polar surface area (TPSA) is 78.1 Å². The number of hydrogen-bond donors (Lipinski definition) is 2. The largest absolute Gasteiger partial charge is 0.493 e. The Bertz CT molecular complexity index is 533. The Balaban J connectivity index is 1.81. The van der Waals surface area contributed by atoms with Gasteiger partial charge in [0.25, 0.3) is 0 Å². The van der Waals surface area contributed by atoms with Gasteiger partial charge in [-0.1, -0.05) is 0 Å². The molecule has 1 aliphatic rings. The highest BCUT2D eigenvalue weighted by molar-refractivity contribution is 5.90. The van der Waals surface area contributed by atoms with Gasteiger partial charge in [0, 0.05) is 31.9 Å². The van der Waals surface area contributed by atoms with Gasteiger partial charge in [-0.3, -0.25) is 0 Å². The number of amides is 2. The lowest BCUT2D eigenvalue weighted by atomic mass is 9.95. The molecule has 0 spiro atoms. The number of carbonyl (C=O) groups is 1. The smallest absolute Gasteiger partial charge is 0.319 e. The zero-order valence-electron chi connectivity index (χ0n) is 15.2. The molecule has 0 saturated carbocycles. The van der Waals surface area contributed by atoms with E-state index in [1.54, 1.807) is 19.2 Å². The van der Waals surface area contributed by atoms with Crippen LogP contribution >= 0.6 is 0 Å². The molecule has 7 nitrogen and oxygen atoms in total. The molecule has 140 valence electrons. The van der Waals surface area contributed by atoms with E-state index in [1.807, 2.05) is 0 Å². The second-order valence-corrected chi connectivity index (χ2v) is 5.99. The molecule has 2 amide bonds. The van der Waals surface area contributed by atoms with Gasteiger partial charge in [-0.2, -0.15) is 0 Å². The molecule has 2 N–H and O–H groups in total. The van der Waals surface area contributed by atoms with Crippen molar-refractivity contribution in [1.82, 2.24) is 5.32 Å². The fraction of sp³-hybridized carbons (Fsp3) is 0.611. The van der Waals surface area contributed by atoms with Crippen molar-refractivity contribution < 1.29 is 23.7 Å². The van der Waals surface area contributed by atoms with Crippen molar-refractivity contribution in [3.05, 3.63) is 12.1 Å². The van der Waals surface area contributed by atoms with E-state index in [2.05, 4.69) is 10.6 Å². The maximum absolute atomic E-state index is 12.1. The van der Waals surface area contributed by atoms with Crippen molar-refractivity contribution in [3.8, 4) is 17.2 Å². The zero-order chi connectivity index (χ0) is 18.1. The molecule has 7 heteroatoms. The average Bonchev–Trinajstić information content (AvgIpc) is 2.65. The first kappa shape index (κ1) is 19.2. The number of nitrogens with one attached hydrogen (secondary N) is 2. The summed E-state index contributed by atoms with van der Waals surface area (Å²) >= 11 is 0. The number of urea groups is 1. The maximum atomic E-state index is 12.1. The Labute approximate surface area is 149 Å². The molecule has 1 fully saturated rings. The lowest BCUT2D eigenvalue weighted by Gasteiger charge is -2.21.